The van der Waals surface area contributed by atoms with Gasteiger partial charge >= 0.3 is 0 Å². The van der Waals surface area contributed by atoms with E-state index in [4.69, 9.17) is 11.6 Å². The lowest BCUT2D eigenvalue weighted by atomic mass is 10.0. The molecule has 1 aliphatic rings. The van der Waals surface area contributed by atoms with Crippen LogP contribution in [0, 0.1) is 6.92 Å². The lowest BCUT2D eigenvalue weighted by Crippen LogP contribution is -2.45. The average molecular weight is 505 g/mol. The summed E-state index contributed by atoms with van der Waals surface area (Å²) < 4.78 is 1.76. The van der Waals surface area contributed by atoms with E-state index in [2.05, 4.69) is 35.5 Å². The lowest BCUT2D eigenvalue weighted by molar-refractivity contribution is 0.232. The van der Waals surface area contributed by atoms with Gasteiger partial charge in [0.2, 0.25) is 5.95 Å². The summed E-state index contributed by atoms with van der Waals surface area (Å²) in [5, 5.41) is 7.78. The number of pyridine rings is 1. The van der Waals surface area contributed by atoms with Crippen molar-refractivity contribution in [3.63, 3.8) is 0 Å². The molecule has 0 atom stereocenters. The Kier molecular flexibility index (Phi) is 7.22. The molecule has 186 valence electrons. The van der Waals surface area contributed by atoms with E-state index in [1.165, 1.54) is 0 Å². The predicted octanol–water partition coefficient (Wildman–Crippen LogP) is 3.21. The molecule has 1 aliphatic heterocycles. The Morgan fingerprint density at radius 3 is 2.64 bits per heavy atom. The SMILES string of the molecule is CCNc1ncc2cc(-c3ccc(-c4cncc(C)n4)cc3Cl)c(=O)n(CCN3CCNCC3)c2n1. The Labute approximate surface area is 214 Å². The van der Waals surface area contributed by atoms with Crippen molar-refractivity contribution in [3.8, 4) is 22.4 Å². The van der Waals surface area contributed by atoms with Gasteiger partial charge < -0.3 is 10.6 Å². The van der Waals surface area contributed by atoms with E-state index in [-0.39, 0.29) is 5.56 Å². The van der Waals surface area contributed by atoms with Gasteiger partial charge in [0.15, 0.2) is 0 Å². The molecule has 4 heterocycles. The van der Waals surface area contributed by atoms with Gasteiger partial charge in [-0.2, -0.15) is 4.98 Å². The molecule has 9 nitrogen and oxygen atoms in total. The van der Waals surface area contributed by atoms with E-state index >= 15 is 0 Å². The van der Waals surface area contributed by atoms with Crippen LogP contribution in [-0.4, -0.2) is 68.7 Å². The van der Waals surface area contributed by atoms with Crippen LogP contribution in [-0.2, 0) is 6.54 Å². The summed E-state index contributed by atoms with van der Waals surface area (Å²) in [4.78, 5) is 34.1. The Morgan fingerprint density at radius 1 is 1.06 bits per heavy atom. The molecule has 4 aromatic rings. The van der Waals surface area contributed by atoms with Crippen molar-refractivity contribution in [1.82, 2.24) is 34.7 Å². The van der Waals surface area contributed by atoms with Gasteiger partial charge in [0.25, 0.3) is 5.56 Å². The molecule has 2 N–H and O–H groups in total. The van der Waals surface area contributed by atoms with E-state index in [9.17, 15) is 4.79 Å². The fraction of sp³-hybridized carbons (Fsp3) is 0.346. The first-order valence-electron chi connectivity index (χ1n) is 12.2. The number of benzene rings is 1. The Hall–Kier alpha value is -3.40. The van der Waals surface area contributed by atoms with Gasteiger partial charge in [-0.05, 0) is 26.0 Å². The zero-order valence-electron chi connectivity index (χ0n) is 20.5. The molecule has 0 unspecified atom stereocenters. The van der Waals surface area contributed by atoms with Crippen LogP contribution in [0.5, 0.6) is 0 Å². The van der Waals surface area contributed by atoms with Crippen LogP contribution < -0.4 is 16.2 Å². The predicted molar refractivity (Wildman–Crippen MR) is 143 cm³/mol. The molecule has 1 aromatic carbocycles. The van der Waals surface area contributed by atoms with E-state index in [0.717, 1.165) is 55.1 Å². The topological polar surface area (TPSA) is 101 Å². The number of anilines is 1. The fourth-order valence-electron chi connectivity index (χ4n) is 4.47. The third-order valence-corrected chi connectivity index (χ3v) is 6.63. The Balaban J connectivity index is 1.58. The van der Waals surface area contributed by atoms with E-state index in [1.807, 2.05) is 38.1 Å². The number of aromatic nitrogens is 5. The minimum Gasteiger partial charge on any atom is -0.354 e. The number of nitrogens with zero attached hydrogens (tertiary/aromatic N) is 6. The molecule has 0 bridgehead atoms. The molecule has 0 amide bonds. The molecule has 1 saturated heterocycles. The summed E-state index contributed by atoms with van der Waals surface area (Å²) in [6, 6.07) is 7.46. The Bertz CT molecular complexity index is 1450. The van der Waals surface area contributed by atoms with Crippen molar-refractivity contribution in [3.05, 3.63) is 63.9 Å². The number of hydrogen-bond acceptors (Lipinski definition) is 8. The van der Waals surface area contributed by atoms with Crippen LogP contribution in [0.25, 0.3) is 33.4 Å². The van der Waals surface area contributed by atoms with Gasteiger partial charge in [-0.1, -0.05) is 23.7 Å². The third kappa shape index (κ3) is 5.09. The van der Waals surface area contributed by atoms with Crippen molar-refractivity contribution in [2.45, 2.75) is 20.4 Å². The quantitative estimate of drug-likeness (QED) is 0.395. The minimum absolute atomic E-state index is 0.121. The Morgan fingerprint density at radius 2 is 1.89 bits per heavy atom. The number of piperazine rings is 1. The van der Waals surface area contributed by atoms with Crippen LogP contribution in [0.15, 0.2) is 47.7 Å². The van der Waals surface area contributed by atoms with E-state index in [0.29, 0.717) is 40.8 Å². The summed E-state index contributed by atoms with van der Waals surface area (Å²) in [6.45, 7) is 9.70. The summed E-state index contributed by atoms with van der Waals surface area (Å²) in [5.74, 6) is 0.509. The highest BCUT2D eigenvalue weighted by Gasteiger charge is 2.18. The van der Waals surface area contributed by atoms with Gasteiger partial charge in [-0.25, -0.2) is 9.97 Å². The van der Waals surface area contributed by atoms with Crippen molar-refractivity contribution in [1.29, 1.82) is 0 Å². The number of nitrogens with one attached hydrogen (secondary N) is 2. The second-order valence-corrected chi connectivity index (χ2v) is 9.26. The van der Waals surface area contributed by atoms with Crippen LogP contribution in [0.4, 0.5) is 5.95 Å². The molecule has 0 spiro atoms. The van der Waals surface area contributed by atoms with Crippen molar-refractivity contribution < 1.29 is 0 Å². The van der Waals surface area contributed by atoms with E-state index in [1.54, 1.807) is 23.2 Å². The molecule has 36 heavy (non-hydrogen) atoms. The van der Waals surface area contributed by atoms with Gasteiger partial charge in [-0.15, -0.1) is 0 Å². The van der Waals surface area contributed by atoms with Crippen LogP contribution >= 0.6 is 11.6 Å². The van der Waals surface area contributed by atoms with Crippen molar-refractivity contribution >= 4 is 28.6 Å². The second kappa shape index (κ2) is 10.7. The zero-order valence-corrected chi connectivity index (χ0v) is 21.2. The molecule has 10 heteroatoms. The first-order valence-corrected chi connectivity index (χ1v) is 12.6. The molecule has 0 saturated carbocycles. The maximum Gasteiger partial charge on any atom is 0.260 e. The molecular weight excluding hydrogens is 476 g/mol. The average Bonchev–Trinajstić information content (AvgIpc) is 2.89. The highest BCUT2D eigenvalue weighted by molar-refractivity contribution is 6.33. The minimum atomic E-state index is -0.121. The third-order valence-electron chi connectivity index (χ3n) is 6.32. The molecule has 3 aromatic heterocycles. The highest BCUT2D eigenvalue weighted by Crippen LogP contribution is 2.31. The second-order valence-electron chi connectivity index (χ2n) is 8.85. The van der Waals surface area contributed by atoms with Crippen molar-refractivity contribution in [2.24, 2.45) is 0 Å². The lowest BCUT2D eigenvalue weighted by Gasteiger charge is -2.27. The zero-order chi connectivity index (χ0) is 25.1. The molecule has 0 radical (unpaired) electrons. The molecule has 0 aliphatic carbocycles. The van der Waals surface area contributed by atoms with E-state index < -0.39 is 0 Å². The first kappa shape index (κ1) is 24.3. The number of rotatable bonds is 7. The smallest absolute Gasteiger partial charge is 0.260 e. The summed E-state index contributed by atoms with van der Waals surface area (Å²) in [6.07, 6.45) is 5.17. The fourth-order valence-corrected chi connectivity index (χ4v) is 4.76. The number of fused-ring (bicyclic) bond motifs is 1. The number of halogens is 1. The van der Waals surface area contributed by atoms with Gasteiger partial charge in [0.05, 0.1) is 17.6 Å². The highest BCUT2D eigenvalue weighted by atomic mass is 35.5. The standard InChI is InChI=1S/C26H29ClN8O/c1-3-30-26-31-15-19-12-21(20-5-4-18(13-22(20)27)23-16-29-14-17(2)32-23)25(36)35(24(19)33-26)11-10-34-8-6-28-7-9-34/h4-5,12-16,28H,3,6-11H2,1-2H3,(H,30,31,33). The van der Waals surface area contributed by atoms with Crippen LogP contribution in [0.2, 0.25) is 5.02 Å². The summed E-state index contributed by atoms with van der Waals surface area (Å²) in [7, 11) is 0. The summed E-state index contributed by atoms with van der Waals surface area (Å²) in [5.41, 5.74) is 4.09. The van der Waals surface area contributed by atoms with Crippen molar-refractivity contribution in [2.75, 3.05) is 44.6 Å². The number of hydrogen-bond donors (Lipinski definition) is 2. The van der Waals surface area contributed by atoms with Gasteiger partial charge in [0.1, 0.15) is 5.65 Å². The largest absolute Gasteiger partial charge is 0.354 e. The maximum absolute atomic E-state index is 13.8. The normalized spacial score (nSPS) is 14.3. The maximum atomic E-state index is 13.8. The van der Waals surface area contributed by atoms with Crippen LogP contribution in [0.1, 0.15) is 12.6 Å². The van der Waals surface area contributed by atoms with Gasteiger partial charge in [-0.3, -0.25) is 19.2 Å². The summed E-state index contributed by atoms with van der Waals surface area (Å²) >= 11 is 6.74. The molecule has 1 fully saturated rings. The molecular formula is C26H29ClN8O. The monoisotopic (exact) mass is 504 g/mol. The van der Waals surface area contributed by atoms with Crippen LogP contribution in [0.3, 0.4) is 0 Å². The number of aryl methyl sites for hydroxylation is 1. The molecule has 5 rings (SSSR count). The first-order chi connectivity index (χ1) is 17.5. The van der Waals surface area contributed by atoms with Gasteiger partial charge in [0, 0.05) is 85.3 Å².